The van der Waals surface area contributed by atoms with Crippen LogP contribution in [0, 0.1) is 0 Å². The van der Waals surface area contributed by atoms with Crippen LogP contribution in [-0.2, 0) is 0 Å². The zero-order valence-electron chi connectivity index (χ0n) is 16.8. The molecule has 22 heavy (non-hydrogen) atoms. The highest BCUT2D eigenvalue weighted by molar-refractivity contribution is 4.52. The van der Waals surface area contributed by atoms with Gasteiger partial charge in [-0.05, 0) is 46.5 Å². The smallest absolute Gasteiger partial charge is 0.102 e. The van der Waals surface area contributed by atoms with Gasteiger partial charge in [-0.1, -0.05) is 53.4 Å². The first kappa shape index (κ1) is 24.1. The fraction of sp³-hybridized carbons (Fsp3) is 1.00. The maximum Gasteiger partial charge on any atom is 0.102 e. The lowest BCUT2D eigenvalue weighted by Crippen LogP contribution is -2.50. The number of hydrogen-bond donors (Lipinski definition) is 0. The lowest BCUT2D eigenvalue weighted by Gasteiger charge is -2.39. The quantitative estimate of drug-likeness (QED) is 0.349. The summed E-state index contributed by atoms with van der Waals surface area (Å²) in [5.74, 6) is 0. The zero-order valence-corrected chi connectivity index (χ0v) is 16.8. The number of rotatable bonds is 12. The average molecular weight is 319 g/mol. The van der Waals surface area contributed by atoms with Crippen LogP contribution in [0.25, 0.3) is 0 Å². The van der Waals surface area contributed by atoms with E-state index in [1.165, 1.54) is 103 Å². The SMILES string of the molecule is CC(C)(C)F.CCCC[N+](CCCC)(CCCC)CCCC. The Bertz CT molecular complexity index is 177. The van der Waals surface area contributed by atoms with Gasteiger partial charge in [0.2, 0.25) is 0 Å². The first-order chi connectivity index (χ1) is 10.2. The molecule has 0 aliphatic carbocycles. The van der Waals surface area contributed by atoms with Crippen LogP contribution in [0.15, 0.2) is 0 Å². The summed E-state index contributed by atoms with van der Waals surface area (Å²) in [6, 6.07) is 0. The topological polar surface area (TPSA) is 0 Å². The molecule has 0 amide bonds. The van der Waals surface area contributed by atoms with Crippen molar-refractivity contribution in [1.29, 1.82) is 0 Å². The minimum atomic E-state index is -1.00. The van der Waals surface area contributed by atoms with E-state index in [2.05, 4.69) is 27.7 Å². The molecule has 0 aliphatic rings. The van der Waals surface area contributed by atoms with Gasteiger partial charge in [0.05, 0.1) is 26.2 Å². The third-order valence-corrected chi connectivity index (χ3v) is 3.94. The third kappa shape index (κ3) is 17.9. The molecule has 0 bridgehead atoms. The molecule has 0 fully saturated rings. The summed E-state index contributed by atoms with van der Waals surface area (Å²) >= 11 is 0. The number of alkyl halides is 1. The van der Waals surface area contributed by atoms with Gasteiger partial charge in [-0.15, -0.1) is 0 Å². The van der Waals surface area contributed by atoms with Gasteiger partial charge in [-0.3, -0.25) is 0 Å². The molecule has 2 heteroatoms. The van der Waals surface area contributed by atoms with Crippen molar-refractivity contribution in [2.24, 2.45) is 0 Å². The molecule has 0 rings (SSSR count). The van der Waals surface area contributed by atoms with Crippen molar-refractivity contribution >= 4 is 0 Å². The number of unbranched alkanes of at least 4 members (excludes halogenated alkanes) is 4. The Balaban J connectivity index is 0. The highest BCUT2D eigenvalue weighted by Gasteiger charge is 2.24. The molecule has 0 aromatic heterocycles. The lowest BCUT2D eigenvalue weighted by molar-refractivity contribution is -0.929. The van der Waals surface area contributed by atoms with Gasteiger partial charge in [0.15, 0.2) is 0 Å². The number of quaternary nitrogens is 1. The van der Waals surface area contributed by atoms with Crippen LogP contribution in [-0.4, -0.2) is 36.3 Å². The van der Waals surface area contributed by atoms with Crippen molar-refractivity contribution in [3.8, 4) is 0 Å². The van der Waals surface area contributed by atoms with Gasteiger partial charge >= 0.3 is 0 Å². The van der Waals surface area contributed by atoms with Crippen LogP contribution in [0.2, 0.25) is 0 Å². The second-order valence-electron chi connectivity index (χ2n) is 7.72. The second-order valence-corrected chi connectivity index (χ2v) is 7.72. The Morgan fingerprint density at radius 2 is 0.773 bits per heavy atom. The largest absolute Gasteiger partial charge is 0.324 e. The van der Waals surface area contributed by atoms with Crippen molar-refractivity contribution in [1.82, 2.24) is 0 Å². The summed E-state index contributed by atoms with van der Waals surface area (Å²) in [7, 11) is 0. The monoisotopic (exact) mass is 318 g/mol. The van der Waals surface area contributed by atoms with Crippen LogP contribution in [0.3, 0.4) is 0 Å². The zero-order chi connectivity index (χ0) is 17.5. The first-order valence-corrected chi connectivity index (χ1v) is 9.78. The van der Waals surface area contributed by atoms with Gasteiger partial charge < -0.3 is 4.48 Å². The summed E-state index contributed by atoms with van der Waals surface area (Å²) in [6.07, 6.45) is 11.1. The molecule has 1 nitrogen and oxygen atoms in total. The van der Waals surface area contributed by atoms with Gasteiger partial charge in [-0.2, -0.15) is 0 Å². The summed E-state index contributed by atoms with van der Waals surface area (Å²) in [4.78, 5) is 0. The summed E-state index contributed by atoms with van der Waals surface area (Å²) in [6.45, 7) is 19.6. The molecule has 0 unspecified atom stereocenters. The van der Waals surface area contributed by atoms with Gasteiger partial charge in [-0.25, -0.2) is 4.39 Å². The molecule has 136 valence electrons. The number of halogens is 1. The number of hydrogen-bond acceptors (Lipinski definition) is 0. The summed E-state index contributed by atoms with van der Waals surface area (Å²) in [5, 5.41) is 0. The van der Waals surface area contributed by atoms with Gasteiger partial charge in [0.1, 0.15) is 5.67 Å². The minimum Gasteiger partial charge on any atom is -0.324 e. The molecule has 0 atom stereocenters. The summed E-state index contributed by atoms with van der Waals surface area (Å²) < 4.78 is 13.1. The molecule has 0 aromatic carbocycles. The van der Waals surface area contributed by atoms with Crippen LogP contribution in [0.1, 0.15) is 99.8 Å². The van der Waals surface area contributed by atoms with E-state index in [0.717, 1.165) is 0 Å². The minimum absolute atomic E-state index is 1.00. The Hall–Kier alpha value is -0.110. The van der Waals surface area contributed by atoms with Crippen molar-refractivity contribution in [3.63, 3.8) is 0 Å². The molecule has 0 saturated carbocycles. The van der Waals surface area contributed by atoms with Crippen LogP contribution >= 0.6 is 0 Å². The normalized spacial score (nSPS) is 12.0. The van der Waals surface area contributed by atoms with E-state index in [1.807, 2.05) is 0 Å². The van der Waals surface area contributed by atoms with Crippen molar-refractivity contribution in [2.75, 3.05) is 26.2 Å². The third-order valence-electron chi connectivity index (χ3n) is 3.94. The highest BCUT2D eigenvalue weighted by Crippen LogP contribution is 2.16. The Morgan fingerprint density at radius 1 is 0.591 bits per heavy atom. The number of nitrogens with zero attached hydrogens (tertiary/aromatic N) is 1. The van der Waals surface area contributed by atoms with E-state index in [0.29, 0.717) is 0 Å². The van der Waals surface area contributed by atoms with Crippen molar-refractivity contribution in [3.05, 3.63) is 0 Å². The van der Waals surface area contributed by atoms with Crippen LogP contribution in [0.4, 0.5) is 4.39 Å². The molecule has 0 heterocycles. The van der Waals surface area contributed by atoms with Crippen LogP contribution in [0.5, 0.6) is 0 Å². The maximum absolute atomic E-state index is 11.7. The standard InChI is InChI=1S/C16H36N.C4H9F/c1-5-9-13-17(14-10-6-2,15-11-7-3)16-12-8-4;1-4(2,3)5/h5-16H2,1-4H3;1-3H3/q+1;. The Morgan fingerprint density at radius 3 is 0.909 bits per heavy atom. The second kappa shape index (κ2) is 14.5. The molecular weight excluding hydrogens is 273 g/mol. The molecule has 0 saturated heterocycles. The van der Waals surface area contributed by atoms with E-state index in [4.69, 9.17) is 0 Å². The molecular formula is C20H45FN+. The summed E-state index contributed by atoms with van der Waals surface area (Å²) in [5.41, 5.74) is -1.00. The lowest BCUT2D eigenvalue weighted by atomic mass is 10.1. The van der Waals surface area contributed by atoms with E-state index < -0.39 is 5.67 Å². The molecule has 0 N–H and O–H groups in total. The predicted molar refractivity (Wildman–Crippen MR) is 100 cm³/mol. The van der Waals surface area contributed by atoms with E-state index >= 15 is 0 Å². The van der Waals surface area contributed by atoms with Crippen molar-refractivity contribution in [2.45, 2.75) is 106 Å². The Labute approximate surface area is 141 Å². The van der Waals surface area contributed by atoms with Crippen LogP contribution < -0.4 is 0 Å². The van der Waals surface area contributed by atoms with E-state index in [1.54, 1.807) is 0 Å². The predicted octanol–water partition coefficient (Wildman–Crippen LogP) is 6.76. The highest BCUT2D eigenvalue weighted by atomic mass is 19.1. The first-order valence-electron chi connectivity index (χ1n) is 9.78. The Kier molecular flexibility index (Phi) is 15.9. The van der Waals surface area contributed by atoms with Crippen molar-refractivity contribution < 1.29 is 8.87 Å². The van der Waals surface area contributed by atoms with Gasteiger partial charge in [0, 0.05) is 0 Å². The molecule has 0 aromatic rings. The fourth-order valence-corrected chi connectivity index (χ4v) is 2.64. The molecule has 0 spiro atoms. The fourth-order valence-electron chi connectivity index (χ4n) is 2.64. The van der Waals surface area contributed by atoms with E-state index in [9.17, 15) is 4.39 Å². The molecule has 0 aliphatic heterocycles. The molecule has 0 radical (unpaired) electrons. The maximum atomic E-state index is 11.7. The van der Waals surface area contributed by atoms with E-state index in [-0.39, 0.29) is 0 Å². The van der Waals surface area contributed by atoms with Gasteiger partial charge in [0.25, 0.3) is 0 Å². The average Bonchev–Trinajstić information content (AvgIpc) is 2.44.